The van der Waals surface area contributed by atoms with Crippen molar-refractivity contribution in [2.24, 2.45) is 5.92 Å². The number of aryl methyl sites for hydroxylation is 1. The van der Waals surface area contributed by atoms with Crippen LogP contribution in [0, 0.1) is 12.8 Å². The van der Waals surface area contributed by atoms with Crippen molar-refractivity contribution in [1.82, 2.24) is 5.32 Å². The van der Waals surface area contributed by atoms with E-state index in [-0.39, 0.29) is 6.54 Å². The summed E-state index contributed by atoms with van der Waals surface area (Å²) in [6.45, 7) is 1.66. The Morgan fingerprint density at radius 3 is 2.25 bits per heavy atom. The standard InChI is InChI=1S/C13H16N2O5/c1-8-2-4-10(5-3-8)15-13(20)14-7-9(12(18)19)6-11(16)17/h2-5,9H,6-7H2,1H3,(H,16,17)(H,18,19)(H2,14,15,20). The lowest BCUT2D eigenvalue weighted by Gasteiger charge is -2.12. The number of hydrogen-bond acceptors (Lipinski definition) is 3. The van der Waals surface area contributed by atoms with Crippen molar-refractivity contribution < 1.29 is 24.6 Å². The predicted octanol–water partition coefficient (Wildman–Crippen LogP) is 1.29. The number of carbonyl (C=O) groups excluding carboxylic acids is 1. The average Bonchev–Trinajstić information content (AvgIpc) is 2.36. The van der Waals surface area contributed by atoms with E-state index in [4.69, 9.17) is 10.2 Å². The van der Waals surface area contributed by atoms with Crippen LogP contribution in [0.25, 0.3) is 0 Å². The lowest BCUT2D eigenvalue weighted by atomic mass is 10.1. The zero-order valence-corrected chi connectivity index (χ0v) is 10.9. The van der Waals surface area contributed by atoms with E-state index < -0.39 is 30.3 Å². The van der Waals surface area contributed by atoms with Crippen molar-refractivity contribution in [2.45, 2.75) is 13.3 Å². The van der Waals surface area contributed by atoms with Crippen LogP contribution in [0.2, 0.25) is 0 Å². The molecule has 1 aromatic carbocycles. The summed E-state index contributed by atoms with van der Waals surface area (Å²) in [5, 5.41) is 22.3. The van der Waals surface area contributed by atoms with Gasteiger partial charge >= 0.3 is 18.0 Å². The highest BCUT2D eigenvalue weighted by atomic mass is 16.4. The first-order valence-corrected chi connectivity index (χ1v) is 5.94. The topological polar surface area (TPSA) is 116 Å². The van der Waals surface area contributed by atoms with Crippen molar-refractivity contribution in [3.63, 3.8) is 0 Å². The maximum Gasteiger partial charge on any atom is 0.319 e. The molecule has 20 heavy (non-hydrogen) atoms. The molecular formula is C13H16N2O5. The number of carboxylic acids is 2. The third-order valence-corrected chi connectivity index (χ3v) is 2.59. The molecule has 0 heterocycles. The van der Waals surface area contributed by atoms with Crippen LogP contribution in [-0.2, 0) is 9.59 Å². The Kier molecular flexibility index (Phi) is 5.52. The minimum atomic E-state index is -1.26. The Bertz CT molecular complexity index is 498. The second-order valence-electron chi connectivity index (χ2n) is 4.33. The molecule has 0 aromatic heterocycles. The third-order valence-electron chi connectivity index (χ3n) is 2.59. The first-order valence-electron chi connectivity index (χ1n) is 5.94. The van der Waals surface area contributed by atoms with Gasteiger partial charge in [-0.25, -0.2) is 4.79 Å². The molecule has 1 aromatic rings. The second kappa shape index (κ2) is 7.13. The predicted molar refractivity (Wildman–Crippen MR) is 71.6 cm³/mol. The van der Waals surface area contributed by atoms with Gasteiger partial charge in [-0.1, -0.05) is 17.7 Å². The smallest absolute Gasteiger partial charge is 0.319 e. The van der Waals surface area contributed by atoms with E-state index in [1.807, 2.05) is 19.1 Å². The maximum atomic E-state index is 11.5. The highest BCUT2D eigenvalue weighted by Crippen LogP contribution is 2.08. The van der Waals surface area contributed by atoms with E-state index in [0.29, 0.717) is 5.69 Å². The van der Waals surface area contributed by atoms with E-state index in [1.165, 1.54) is 0 Å². The molecule has 1 rings (SSSR count). The Labute approximate surface area is 115 Å². The van der Waals surface area contributed by atoms with E-state index >= 15 is 0 Å². The average molecular weight is 280 g/mol. The van der Waals surface area contributed by atoms with Gasteiger partial charge in [-0.15, -0.1) is 0 Å². The van der Waals surface area contributed by atoms with Crippen molar-refractivity contribution in [2.75, 3.05) is 11.9 Å². The molecule has 0 saturated heterocycles. The molecule has 7 heteroatoms. The zero-order chi connectivity index (χ0) is 15.1. The number of anilines is 1. The molecule has 0 aliphatic heterocycles. The number of rotatable bonds is 6. The lowest BCUT2D eigenvalue weighted by Crippen LogP contribution is -2.36. The number of amides is 2. The van der Waals surface area contributed by atoms with E-state index in [2.05, 4.69) is 10.6 Å². The second-order valence-corrected chi connectivity index (χ2v) is 4.33. The Hall–Kier alpha value is -2.57. The van der Waals surface area contributed by atoms with Crippen molar-refractivity contribution in [1.29, 1.82) is 0 Å². The molecule has 1 unspecified atom stereocenters. The fourth-order valence-electron chi connectivity index (χ4n) is 1.49. The number of benzene rings is 1. The monoisotopic (exact) mass is 280 g/mol. The molecule has 1 atom stereocenters. The Balaban J connectivity index is 2.47. The highest BCUT2D eigenvalue weighted by Gasteiger charge is 2.21. The van der Waals surface area contributed by atoms with Gasteiger partial charge in [0.05, 0.1) is 12.3 Å². The molecule has 0 saturated carbocycles. The van der Waals surface area contributed by atoms with Gasteiger partial charge in [-0.3, -0.25) is 9.59 Å². The molecule has 108 valence electrons. The van der Waals surface area contributed by atoms with Crippen LogP contribution >= 0.6 is 0 Å². The minimum Gasteiger partial charge on any atom is -0.481 e. The van der Waals surface area contributed by atoms with Crippen molar-refractivity contribution in [3.05, 3.63) is 29.8 Å². The van der Waals surface area contributed by atoms with Gasteiger partial charge in [0, 0.05) is 12.2 Å². The maximum absolute atomic E-state index is 11.5. The van der Waals surface area contributed by atoms with Gasteiger partial charge in [0.15, 0.2) is 0 Å². The van der Waals surface area contributed by atoms with Crippen molar-refractivity contribution in [3.8, 4) is 0 Å². The van der Waals surface area contributed by atoms with E-state index in [9.17, 15) is 14.4 Å². The summed E-state index contributed by atoms with van der Waals surface area (Å²) in [6, 6.07) is 6.48. The number of carbonyl (C=O) groups is 3. The summed E-state index contributed by atoms with van der Waals surface area (Å²) in [6.07, 6.45) is -0.542. The summed E-state index contributed by atoms with van der Waals surface area (Å²) < 4.78 is 0. The molecule has 0 bridgehead atoms. The van der Waals surface area contributed by atoms with Gasteiger partial charge < -0.3 is 20.8 Å². The number of aliphatic carboxylic acids is 2. The van der Waals surface area contributed by atoms with E-state index in [1.54, 1.807) is 12.1 Å². The fraction of sp³-hybridized carbons (Fsp3) is 0.308. The molecule has 0 aliphatic rings. The number of urea groups is 1. The quantitative estimate of drug-likeness (QED) is 0.626. The molecule has 0 spiro atoms. The highest BCUT2D eigenvalue weighted by molar-refractivity contribution is 5.89. The number of hydrogen-bond donors (Lipinski definition) is 4. The summed E-state index contributed by atoms with van der Waals surface area (Å²) >= 11 is 0. The van der Waals surface area contributed by atoms with Crippen LogP contribution in [0.4, 0.5) is 10.5 Å². The summed E-state index contributed by atoms with van der Waals surface area (Å²) in [5.74, 6) is -3.64. The van der Waals surface area contributed by atoms with Crippen LogP contribution in [-0.4, -0.2) is 34.7 Å². The van der Waals surface area contributed by atoms with Gasteiger partial charge in [-0.05, 0) is 19.1 Å². The molecule has 0 radical (unpaired) electrons. The fourth-order valence-corrected chi connectivity index (χ4v) is 1.49. The molecule has 4 N–H and O–H groups in total. The van der Waals surface area contributed by atoms with Crippen LogP contribution in [0.3, 0.4) is 0 Å². The lowest BCUT2D eigenvalue weighted by molar-refractivity contribution is -0.148. The zero-order valence-electron chi connectivity index (χ0n) is 10.9. The Morgan fingerprint density at radius 1 is 1.15 bits per heavy atom. The first kappa shape index (κ1) is 15.5. The largest absolute Gasteiger partial charge is 0.481 e. The molecule has 2 amide bonds. The molecule has 0 fully saturated rings. The molecule has 7 nitrogen and oxygen atoms in total. The normalized spacial score (nSPS) is 11.4. The SMILES string of the molecule is Cc1ccc(NC(=O)NCC(CC(=O)O)C(=O)O)cc1. The van der Waals surface area contributed by atoms with E-state index in [0.717, 1.165) is 5.56 Å². The minimum absolute atomic E-state index is 0.251. The molecule has 0 aliphatic carbocycles. The van der Waals surface area contributed by atoms with Gasteiger partial charge in [0.2, 0.25) is 0 Å². The van der Waals surface area contributed by atoms with Gasteiger partial charge in [0.1, 0.15) is 0 Å². The summed E-state index contributed by atoms with van der Waals surface area (Å²) in [5.41, 5.74) is 1.61. The summed E-state index contributed by atoms with van der Waals surface area (Å²) in [7, 11) is 0. The van der Waals surface area contributed by atoms with Crippen LogP contribution in [0.15, 0.2) is 24.3 Å². The third kappa shape index (κ3) is 5.38. The number of carboxylic acid groups (broad SMARTS) is 2. The van der Waals surface area contributed by atoms with Crippen LogP contribution < -0.4 is 10.6 Å². The molecular weight excluding hydrogens is 264 g/mol. The van der Waals surface area contributed by atoms with Gasteiger partial charge in [0.25, 0.3) is 0 Å². The van der Waals surface area contributed by atoms with Gasteiger partial charge in [-0.2, -0.15) is 0 Å². The first-order chi connectivity index (χ1) is 9.38. The Morgan fingerprint density at radius 2 is 1.75 bits per heavy atom. The van der Waals surface area contributed by atoms with Crippen molar-refractivity contribution >= 4 is 23.7 Å². The number of nitrogens with one attached hydrogen (secondary N) is 2. The van der Waals surface area contributed by atoms with Crippen LogP contribution in [0.5, 0.6) is 0 Å². The van der Waals surface area contributed by atoms with Crippen LogP contribution in [0.1, 0.15) is 12.0 Å². The summed E-state index contributed by atoms with van der Waals surface area (Å²) in [4.78, 5) is 32.8.